The molecule has 0 amide bonds. The average molecular weight is 259 g/mol. The van der Waals surface area contributed by atoms with Crippen LogP contribution in [-0.4, -0.2) is 19.7 Å². The fourth-order valence-corrected chi connectivity index (χ4v) is 2.12. The van der Waals surface area contributed by atoms with Crippen molar-refractivity contribution in [2.75, 3.05) is 0 Å². The number of aromatic nitrogens is 4. The quantitative estimate of drug-likeness (QED) is 0.630. The lowest BCUT2D eigenvalue weighted by Gasteiger charge is -2.07. The van der Waals surface area contributed by atoms with Crippen LogP contribution in [0.2, 0.25) is 5.15 Å². The first kappa shape index (κ1) is 11.2. The predicted molar refractivity (Wildman–Crippen MR) is 71.1 cm³/mol. The van der Waals surface area contributed by atoms with Crippen LogP contribution in [0.25, 0.3) is 16.7 Å². The fraction of sp³-hybridized carbons (Fsp3) is 0.154. The predicted octanol–water partition coefficient (Wildman–Crippen LogP) is 3.09. The van der Waals surface area contributed by atoms with Gasteiger partial charge in [0.05, 0.1) is 17.3 Å². The molecule has 0 aliphatic carbocycles. The second-order valence-corrected chi connectivity index (χ2v) is 4.61. The molecule has 4 nitrogen and oxygen atoms in total. The molecule has 0 fully saturated rings. The number of rotatable bonds is 1. The van der Waals surface area contributed by atoms with Gasteiger partial charge < -0.3 is 0 Å². The van der Waals surface area contributed by atoms with Crippen molar-refractivity contribution in [1.82, 2.24) is 19.7 Å². The Morgan fingerprint density at radius 1 is 1.17 bits per heavy atom. The van der Waals surface area contributed by atoms with Gasteiger partial charge in [0.2, 0.25) is 0 Å². The van der Waals surface area contributed by atoms with E-state index >= 15 is 0 Å². The molecule has 2 aromatic heterocycles. The van der Waals surface area contributed by atoms with Crippen LogP contribution in [0.5, 0.6) is 0 Å². The third-order valence-electron chi connectivity index (χ3n) is 2.91. The van der Waals surface area contributed by atoms with Crippen LogP contribution in [0.1, 0.15) is 11.1 Å². The van der Waals surface area contributed by atoms with E-state index in [4.69, 9.17) is 11.6 Å². The first-order chi connectivity index (χ1) is 8.66. The zero-order chi connectivity index (χ0) is 12.7. The Kier molecular flexibility index (Phi) is 2.52. The van der Waals surface area contributed by atoms with Crippen LogP contribution in [0, 0.1) is 13.8 Å². The normalized spacial score (nSPS) is 11.1. The molecular formula is C13H11ClN4. The lowest BCUT2D eigenvalue weighted by atomic mass is 10.1. The molecule has 2 heterocycles. The minimum atomic E-state index is 0.427. The van der Waals surface area contributed by atoms with Crippen LogP contribution < -0.4 is 0 Å². The lowest BCUT2D eigenvalue weighted by Crippen LogP contribution is -2.00. The van der Waals surface area contributed by atoms with Crippen molar-refractivity contribution in [3.8, 4) is 5.69 Å². The Hall–Kier alpha value is -1.94. The van der Waals surface area contributed by atoms with Gasteiger partial charge in [0, 0.05) is 0 Å². The summed E-state index contributed by atoms with van der Waals surface area (Å²) in [6.07, 6.45) is 3.15. The Morgan fingerprint density at radius 3 is 2.83 bits per heavy atom. The molecule has 0 bridgehead atoms. The third-order valence-corrected chi connectivity index (χ3v) is 3.21. The molecule has 0 aliphatic heterocycles. The Bertz CT molecular complexity index is 733. The van der Waals surface area contributed by atoms with Crippen LogP contribution >= 0.6 is 11.6 Å². The minimum absolute atomic E-state index is 0.427. The summed E-state index contributed by atoms with van der Waals surface area (Å²) in [5.74, 6) is 0. The summed E-state index contributed by atoms with van der Waals surface area (Å²) < 4.78 is 1.80. The highest BCUT2D eigenvalue weighted by Crippen LogP contribution is 2.23. The summed E-state index contributed by atoms with van der Waals surface area (Å²) in [6, 6.07) is 6.23. The maximum Gasteiger partial charge on any atom is 0.167 e. The van der Waals surface area contributed by atoms with Crippen LogP contribution in [0.3, 0.4) is 0 Å². The first-order valence-electron chi connectivity index (χ1n) is 5.58. The smallest absolute Gasteiger partial charge is 0.167 e. The van der Waals surface area contributed by atoms with Gasteiger partial charge in [-0.3, -0.25) is 0 Å². The summed E-state index contributed by atoms with van der Waals surface area (Å²) in [4.78, 5) is 8.21. The summed E-state index contributed by atoms with van der Waals surface area (Å²) >= 11 is 6.02. The number of aryl methyl sites for hydroxylation is 2. The Morgan fingerprint density at radius 2 is 2.00 bits per heavy atom. The van der Waals surface area contributed by atoms with E-state index in [0.29, 0.717) is 5.15 Å². The standard InChI is InChI=1S/C13H11ClN4/c1-8-3-4-9(2)11(5-8)18-13-10(6-17-18)12(14)15-7-16-13/h3-7H,1-2H3. The van der Waals surface area contributed by atoms with Gasteiger partial charge in [-0.15, -0.1) is 0 Å². The third kappa shape index (κ3) is 1.66. The van der Waals surface area contributed by atoms with E-state index < -0.39 is 0 Å². The van der Waals surface area contributed by atoms with Crippen molar-refractivity contribution < 1.29 is 0 Å². The average Bonchev–Trinajstić information content (AvgIpc) is 2.77. The molecule has 5 heteroatoms. The van der Waals surface area contributed by atoms with Gasteiger partial charge in [-0.2, -0.15) is 5.10 Å². The van der Waals surface area contributed by atoms with Gasteiger partial charge in [0.25, 0.3) is 0 Å². The summed E-state index contributed by atoms with van der Waals surface area (Å²) in [6.45, 7) is 4.10. The van der Waals surface area contributed by atoms with Crippen LogP contribution in [-0.2, 0) is 0 Å². The van der Waals surface area contributed by atoms with Crippen molar-refractivity contribution in [2.24, 2.45) is 0 Å². The minimum Gasteiger partial charge on any atom is -0.224 e. The Labute approximate surface area is 109 Å². The molecule has 0 atom stereocenters. The number of halogens is 1. The van der Waals surface area contributed by atoms with Gasteiger partial charge in [-0.05, 0) is 31.0 Å². The van der Waals surface area contributed by atoms with E-state index in [9.17, 15) is 0 Å². The van der Waals surface area contributed by atoms with Crippen molar-refractivity contribution in [3.05, 3.63) is 47.0 Å². The molecule has 90 valence electrons. The molecule has 18 heavy (non-hydrogen) atoms. The molecule has 0 spiro atoms. The van der Waals surface area contributed by atoms with E-state index in [1.807, 2.05) is 6.92 Å². The zero-order valence-corrected chi connectivity index (χ0v) is 10.8. The SMILES string of the molecule is Cc1ccc(C)c(-n2ncc3c(Cl)ncnc32)c1. The fourth-order valence-electron chi connectivity index (χ4n) is 1.94. The summed E-state index contributed by atoms with van der Waals surface area (Å²) in [7, 11) is 0. The zero-order valence-electron chi connectivity index (χ0n) is 10.1. The highest BCUT2D eigenvalue weighted by atomic mass is 35.5. The monoisotopic (exact) mass is 258 g/mol. The van der Waals surface area contributed by atoms with Crippen molar-refractivity contribution in [3.63, 3.8) is 0 Å². The number of hydrogen-bond acceptors (Lipinski definition) is 3. The van der Waals surface area contributed by atoms with Gasteiger partial charge in [-0.1, -0.05) is 23.7 Å². The molecule has 3 aromatic rings. The highest BCUT2D eigenvalue weighted by Gasteiger charge is 2.11. The Balaban J connectivity index is 2.32. The molecule has 0 aliphatic rings. The van der Waals surface area contributed by atoms with Crippen molar-refractivity contribution in [2.45, 2.75) is 13.8 Å². The van der Waals surface area contributed by atoms with Gasteiger partial charge in [0.15, 0.2) is 5.65 Å². The number of nitrogens with zero attached hydrogens (tertiary/aromatic N) is 4. The molecule has 0 N–H and O–H groups in total. The number of benzene rings is 1. The van der Waals surface area contributed by atoms with E-state index in [-0.39, 0.29) is 0 Å². The lowest BCUT2D eigenvalue weighted by molar-refractivity contribution is 0.885. The summed E-state index contributed by atoms with van der Waals surface area (Å²) in [5.41, 5.74) is 4.06. The molecule has 1 aromatic carbocycles. The molecule has 0 radical (unpaired) electrons. The van der Waals surface area contributed by atoms with Crippen LogP contribution in [0.15, 0.2) is 30.7 Å². The van der Waals surface area contributed by atoms with E-state index in [0.717, 1.165) is 22.3 Å². The molecule has 3 rings (SSSR count). The highest BCUT2D eigenvalue weighted by molar-refractivity contribution is 6.33. The maximum absolute atomic E-state index is 6.02. The second-order valence-electron chi connectivity index (χ2n) is 4.25. The van der Waals surface area contributed by atoms with E-state index in [2.05, 4.69) is 40.2 Å². The van der Waals surface area contributed by atoms with Gasteiger partial charge in [-0.25, -0.2) is 14.6 Å². The summed E-state index contributed by atoms with van der Waals surface area (Å²) in [5, 5.41) is 5.55. The topological polar surface area (TPSA) is 43.6 Å². The van der Waals surface area contributed by atoms with Crippen LogP contribution in [0.4, 0.5) is 0 Å². The number of hydrogen-bond donors (Lipinski definition) is 0. The van der Waals surface area contributed by atoms with E-state index in [1.54, 1.807) is 10.9 Å². The molecule has 0 unspecified atom stereocenters. The van der Waals surface area contributed by atoms with E-state index in [1.165, 1.54) is 11.9 Å². The first-order valence-corrected chi connectivity index (χ1v) is 5.96. The number of fused-ring (bicyclic) bond motifs is 1. The van der Waals surface area contributed by atoms with Gasteiger partial charge in [0.1, 0.15) is 11.5 Å². The maximum atomic E-state index is 6.02. The van der Waals surface area contributed by atoms with Gasteiger partial charge >= 0.3 is 0 Å². The second kappa shape index (κ2) is 4.07. The van der Waals surface area contributed by atoms with Crippen molar-refractivity contribution >= 4 is 22.6 Å². The largest absolute Gasteiger partial charge is 0.224 e. The molecule has 0 saturated carbocycles. The van der Waals surface area contributed by atoms with Crippen molar-refractivity contribution in [1.29, 1.82) is 0 Å². The molecular weight excluding hydrogens is 248 g/mol. The molecule has 0 saturated heterocycles.